The van der Waals surface area contributed by atoms with Gasteiger partial charge < -0.3 is 9.63 Å². The molecule has 1 N–H and O–H groups in total. The molecule has 0 amide bonds. The lowest BCUT2D eigenvalue weighted by Gasteiger charge is -2.00. The Balaban J connectivity index is 1.72. The molecule has 0 saturated carbocycles. The third-order valence-electron chi connectivity index (χ3n) is 2.75. The van der Waals surface area contributed by atoms with Crippen LogP contribution in [0.2, 0.25) is 0 Å². The van der Waals surface area contributed by atoms with E-state index in [1.807, 2.05) is 30.3 Å². The summed E-state index contributed by atoms with van der Waals surface area (Å²) in [6, 6.07) is 14.7. The largest absolute Gasteiger partial charge is 0.508 e. The first-order chi connectivity index (χ1) is 10.2. The van der Waals surface area contributed by atoms with Crippen molar-refractivity contribution >= 4 is 27.7 Å². The Hall–Kier alpha value is -1.79. The molecule has 1 aromatic heterocycles. The topological polar surface area (TPSA) is 59.2 Å². The van der Waals surface area contributed by atoms with Gasteiger partial charge in [0.05, 0.1) is 5.75 Å². The molecule has 0 radical (unpaired) electrons. The van der Waals surface area contributed by atoms with Crippen LogP contribution in [0.5, 0.6) is 5.75 Å². The summed E-state index contributed by atoms with van der Waals surface area (Å²) in [5, 5.41) is 13.4. The maximum absolute atomic E-state index is 9.46. The minimum atomic E-state index is 0.176. The smallest absolute Gasteiger partial charge is 0.258 e. The number of hydrogen-bond donors (Lipinski definition) is 1. The molecular weight excluding hydrogens is 352 g/mol. The van der Waals surface area contributed by atoms with Gasteiger partial charge in [0.1, 0.15) is 5.75 Å². The molecule has 0 aliphatic heterocycles. The number of benzene rings is 2. The first-order valence-corrected chi connectivity index (χ1v) is 7.99. The van der Waals surface area contributed by atoms with E-state index in [9.17, 15) is 5.11 Å². The van der Waals surface area contributed by atoms with E-state index in [-0.39, 0.29) is 5.75 Å². The lowest BCUT2D eigenvalue weighted by atomic mass is 10.2. The number of phenolic OH excluding ortho intramolecular Hbond substituents is 1. The van der Waals surface area contributed by atoms with E-state index in [4.69, 9.17) is 4.52 Å². The minimum absolute atomic E-state index is 0.176. The van der Waals surface area contributed by atoms with Crippen molar-refractivity contribution in [1.29, 1.82) is 0 Å². The van der Waals surface area contributed by atoms with Crippen LogP contribution in [0.25, 0.3) is 11.5 Å². The number of halogens is 1. The first kappa shape index (κ1) is 14.2. The van der Waals surface area contributed by atoms with Crippen LogP contribution in [0.4, 0.5) is 0 Å². The monoisotopic (exact) mass is 362 g/mol. The molecule has 106 valence electrons. The van der Waals surface area contributed by atoms with Crippen molar-refractivity contribution in [2.24, 2.45) is 0 Å². The second-order valence-corrected chi connectivity index (χ2v) is 6.16. The van der Waals surface area contributed by atoms with Crippen LogP contribution in [-0.4, -0.2) is 15.2 Å². The van der Waals surface area contributed by atoms with Gasteiger partial charge in [-0.1, -0.05) is 23.4 Å². The van der Waals surface area contributed by atoms with Crippen molar-refractivity contribution in [3.05, 3.63) is 58.8 Å². The highest BCUT2D eigenvalue weighted by molar-refractivity contribution is 9.10. The standard InChI is InChI=1S/C15H11BrN2O2S/c16-12-6-1-2-7-13(12)21-9-14-17-15(20-18-14)10-4-3-5-11(19)8-10/h1-8,19H,9H2. The predicted molar refractivity (Wildman–Crippen MR) is 85.1 cm³/mol. The van der Waals surface area contributed by atoms with Gasteiger partial charge >= 0.3 is 0 Å². The molecule has 2 aromatic carbocycles. The molecule has 3 aromatic rings. The molecule has 21 heavy (non-hydrogen) atoms. The predicted octanol–water partition coefficient (Wildman–Crippen LogP) is 4.50. The highest BCUT2D eigenvalue weighted by Crippen LogP contribution is 2.29. The number of nitrogens with zero attached hydrogens (tertiary/aromatic N) is 2. The summed E-state index contributed by atoms with van der Waals surface area (Å²) in [7, 11) is 0. The summed E-state index contributed by atoms with van der Waals surface area (Å²) in [6.45, 7) is 0. The van der Waals surface area contributed by atoms with Gasteiger partial charge in [0.2, 0.25) is 0 Å². The molecule has 0 fully saturated rings. The molecule has 6 heteroatoms. The fourth-order valence-corrected chi connectivity index (χ4v) is 3.18. The fraction of sp³-hybridized carbons (Fsp3) is 0.0667. The van der Waals surface area contributed by atoms with Crippen molar-refractivity contribution in [3.63, 3.8) is 0 Å². The average molecular weight is 363 g/mol. The normalized spacial score (nSPS) is 10.7. The number of thioether (sulfide) groups is 1. The molecule has 0 spiro atoms. The van der Waals surface area contributed by atoms with Crippen LogP contribution < -0.4 is 0 Å². The Morgan fingerprint density at radius 1 is 1.14 bits per heavy atom. The van der Waals surface area contributed by atoms with Crippen molar-refractivity contribution in [2.45, 2.75) is 10.6 Å². The van der Waals surface area contributed by atoms with E-state index in [0.717, 1.165) is 9.37 Å². The Morgan fingerprint density at radius 3 is 2.81 bits per heavy atom. The van der Waals surface area contributed by atoms with Crippen LogP contribution >= 0.6 is 27.7 Å². The van der Waals surface area contributed by atoms with Gasteiger partial charge in [-0.05, 0) is 46.3 Å². The highest BCUT2D eigenvalue weighted by Gasteiger charge is 2.10. The summed E-state index contributed by atoms with van der Waals surface area (Å²) >= 11 is 5.14. The molecule has 0 unspecified atom stereocenters. The van der Waals surface area contributed by atoms with E-state index in [2.05, 4.69) is 26.1 Å². The van der Waals surface area contributed by atoms with Crippen LogP contribution in [0.3, 0.4) is 0 Å². The Bertz CT molecular complexity index is 761. The van der Waals surface area contributed by atoms with Crippen molar-refractivity contribution < 1.29 is 9.63 Å². The lowest BCUT2D eigenvalue weighted by molar-refractivity contribution is 0.424. The number of aromatic hydroxyl groups is 1. The SMILES string of the molecule is Oc1cccc(-c2nc(CSc3ccccc3Br)no2)c1. The zero-order valence-corrected chi connectivity index (χ0v) is 13.3. The van der Waals surface area contributed by atoms with Crippen LogP contribution in [0.15, 0.2) is 62.4 Å². The Morgan fingerprint density at radius 2 is 2.00 bits per heavy atom. The van der Waals surface area contributed by atoms with Gasteiger partial charge in [-0.3, -0.25) is 0 Å². The summed E-state index contributed by atoms with van der Waals surface area (Å²) in [6.07, 6.45) is 0. The molecule has 0 atom stereocenters. The number of phenols is 1. The van der Waals surface area contributed by atoms with E-state index in [1.54, 1.807) is 30.0 Å². The maximum atomic E-state index is 9.46. The molecule has 3 rings (SSSR count). The Labute approximate surface area is 134 Å². The summed E-state index contributed by atoms with van der Waals surface area (Å²) in [4.78, 5) is 5.47. The van der Waals surface area contributed by atoms with Gasteiger partial charge in [0, 0.05) is 14.9 Å². The Kier molecular flexibility index (Phi) is 4.26. The molecule has 0 saturated heterocycles. The van der Waals surface area contributed by atoms with Crippen LogP contribution in [-0.2, 0) is 5.75 Å². The molecule has 1 heterocycles. The van der Waals surface area contributed by atoms with E-state index >= 15 is 0 Å². The molecule has 0 aliphatic carbocycles. The average Bonchev–Trinajstić information content (AvgIpc) is 2.95. The van der Waals surface area contributed by atoms with E-state index in [1.165, 1.54) is 0 Å². The third kappa shape index (κ3) is 3.46. The van der Waals surface area contributed by atoms with Gasteiger partial charge in [-0.15, -0.1) is 11.8 Å². The maximum Gasteiger partial charge on any atom is 0.258 e. The highest BCUT2D eigenvalue weighted by atomic mass is 79.9. The summed E-state index contributed by atoms with van der Waals surface area (Å²) in [5.74, 6) is 1.82. The van der Waals surface area contributed by atoms with E-state index in [0.29, 0.717) is 23.0 Å². The second kappa shape index (κ2) is 6.32. The van der Waals surface area contributed by atoms with Gasteiger partial charge in [-0.25, -0.2) is 0 Å². The molecular formula is C15H11BrN2O2S. The molecule has 0 aliphatic rings. The summed E-state index contributed by atoms with van der Waals surface area (Å²) < 4.78 is 6.27. The fourth-order valence-electron chi connectivity index (χ4n) is 1.77. The second-order valence-electron chi connectivity index (χ2n) is 4.29. The lowest BCUT2D eigenvalue weighted by Crippen LogP contribution is -1.85. The van der Waals surface area contributed by atoms with Crippen LogP contribution in [0, 0.1) is 0 Å². The van der Waals surface area contributed by atoms with Crippen molar-refractivity contribution in [3.8, 4) is 17.2 Å². The van der Waals surface area contributed by atoms with Gasteiger partial charge in [0.15, 0.2) is 5.82 Å². The van der Waals surface area contributed by atoms with Crippen LogP contribution in [0.1, 0.15) is 5.82 Å². The van der Waals surface area contributed by atoms with E-state index < -0.39 is 0 Å². The molecule has 4 nitrogen and oxygen atoms in total. The number of hydrogen-bond acceptors (Lipinski definition) is 5. The molecule has 0 bridgehead atoms. The third-order valence-corrected chi connectivity index (χ3v) is 4.78. The van der Waals surface area contributed by atoms with Gasteiger partial charge in [0.25, 0.3) is 5.89 Å². The van der Waals surface area contributed by atoms with Crippen molar-refractivity contribution in [1.82, 2.24) is 10.1 Å². The zero-order chi connectivity index (χ0) is 14.7. The quantitative estimate of drug-likeness (QED) is 0.692. The minimum Gasteiger partial charge on any atom is -0.508 e. The zero-order valence-electron chi connectivity index (χ0n) is 10.9. The number of aromatic nitrogens is 2. The first-order valence-electron chi connectivity index (χ1n) is 6.22. The van der Waals surface area contributed by atoms with Crippen molar-refractivity contribution in [2.75, 3.05) is 0 Å². The number of rotatable bonds is 4. The van der Waals surface area contributed by atoms with Gasteiger partial charge in [-0.2, -0.15) is 4.98 Å². The summed E-state index contributed by atoms with van der Waals surface area (Å²) in [5.41, 5.74) is 0.708.